The van der Waals surface area contributed by atoms with Crippen LogP contribution in [0.3, 0.4) is 0 Å². The lowest BCUT2D eigenvalue weighted by molar-refractivity contribution is 0.289. The molecule has 4 nitrogen and oxygen atoms in total. The van der Waals surface area contributed by atoms with E-state index in [2.05, 4.69) is 11.0 Å². The molecule has 4 heteroatoms. The van der Waals surface area contributed by atoms with Gasteiger partial charge in [0.2, 0.25) is 0 Å². The number of ether oxygens (including phenoxy) is 2. The molecule has 0 spiro atoms. The molecule has 0 bridgehead atoms. The van der Waals surface area contributed by atoms with Gasteiger partial charge in [0.05, 0.1) is 19.8 Å². The summed E-state index contributed by atoms with van der Waals surface area (Å²) < 4.78 is 10.8. The Morgan fingerprint density at radius 3 is 2.63 bits per heavy atom. The van der Waals surface area contributed by atoms with Gasteiger partial charge >= 0.3 is 0 Å². The molecule has 1 fully saturated rings. The Morgan fingerprint density at radius 2 is 2.05 bits per heavy atom. The highest BCUT2D eigenvalue weighted by Gasteiger charge is 2.24. The second kappa shape index (κ2) is 6.44. The summed E-state index contributed by atoms with van der Waals surface area (Å²) in [6.07, 6.45) is 2.35. The van der Waals surface area contributed by atoms with Gasteiger partial charge in [-0.1, -0.05) is 6.07 Å². The lowest BCUT2D eigenvalue weighted by Crippen LogP contribution is -2.24. The molecule has 1 aliphatic rings. The molecule has 1 atom stereocenters. The van der Waals surface area contributed by atoms with Gasteiger partial charge in [0.1, 0.15) is 6.04 Å². The fourth-order valence-electron chi connectivity index (χ4n) is 2.50. The van der Waals surface area contributed by atoms with Crippen LogP contribution in [-0.2, 0) is 0 Å². The first-order valence-electron chi connectivity index (χ1n) is 6.74. The van der Waals surface area contributed by atoms with E-state index < -0.39 is 0 Å². The first kappa shape index (κ1) is 13.7. The Hall–Kier alpha value is -1.73. The fraction of sp³-hybridized carbons (Fsp3) is 0.533. The van der Waals surface area contributed by atoms with Crippen molar-refractivity contribution in [2.75, 3.05) is 26.8 Å². The van der Waals surface area contributed by atoms with E-state index in [9.17, 15) is 5.26 Å². The molecule has 1 aliphatic heterocycles. The molecule has 0 amide bonds. The van der Waals surface area contributed by atoms with Gasteiger partial charge in [-0.3, -0.25) is 4.90 Å². The highest BCUT2D eigenvalue weighted by molar-refractivity contribution is 5.45. The minimum absolute atomic E-state index is 0.187. The van der Waals surface area contributed by atoms with Gasteiger partial charge in [-0.25, -0.2) is 0 Å². The molecule has 1 aromatic carbocycles. The first-order valence-corrected chi connectivity index (χ1v) is 6.74. The van der Waals surface area contributed by atoms with Crippen molar-refractivity contribution in [3.8, 4) is 17.6 Å². The third kappa shape index (κ3) is 2.99. The number of hydrogen-bond donors (Lipinski definition) is 0. The van der Waals surface area contributed by atoms with Crippen LogP contribution in [0, 0.1) is 11.3 Å². The molecular weight excluding hydrogens is 240 g/mol. The molecule has 2 rings (SSSR count). The van der Waals surface area contributed by atoms with Crippen LogP contribution in [0.15, 0.2) is 18.2 Å². The van der Waals surface area contributed by atoms with Gasteiger partial charge in [-0.2, -0.15) is 5.26 Å². The van der Waals surface area contributed by atoms with Gasteiger partial charge in [-0.15, -0.1) is 0 Å². The zero-order valence-corrected chi connectivity index (χ0v) is 11.6. The second-order valence-electron chi connectivity index (χ2n) is 4.62. The second-order valence-corrected chi connectivity index (χ2v) is 4.62. The van der Waals surface area contributed by atoms with E-state index in [1.165, 1.54) is 12.8 Å². The molecule has 102 valence electrons. The Labute approximate surface area is 114 Å². The highest BCUT2D eigenvalue weighted by atomic mass is 16.5. The zero-order valence-electron chi connectivity index (χ0n) is 11.6. The standard InChI is InChI=1S/C15H20N2O2/c1-3-19-15-10-12(6-7-14(15)18-2)13(11-16)17-8-4-5-9-17/h6-7,10,13H,3-5,8-9H2,1-2H3. The fourth-order valence-corrected chi connectivity index (χ4v) is 2.50. The van der Waals surface area contributed by atoms with Crippen molar-refractivity contribution in [2.45, 2.75) is 25.8 Å². The molecule has 1 aromatic rings. The van der Waals surface area contributed by atoms with Crippen LogP contribution in [0.4, 0.5) is 0 Å². The van der Waals surface area contributed by atoms with Crippen molar-refractivity contribution in [3.05, 3.63) is 23.8 Å². The number of hydrogen-bond acceptors (Lipinski definition) is 4. The topological polar surface area (TPSA) is 45.5 Å². The minimum atomic E-state index is -0.187. The monoisotopic (exact) mass is 260 g/mol. The zero-order chi connectivity index (χ0) is 13.7. The van der Waals surface area contributed by atoms with Crippen LogP contribution < -0.4 is 9.47 Å². The Bertz CT molecular complexity index is 462. The molecule has 1 saturated heterocycles. The number of benzene rings is 1. The Morgan fingerprint density at radius 1 is 1.32 bits per heavy atom. The van der Waals surface area contributed by atoms with Crippen molar-refractivity contribution in [1.82, 2.24) is 4.90 Å². The predicted molar refractivity (Wildman–Crippen MR) is 73.3 cm³/mol. The van der Waals surface area contributed by atoms with Crippen LogP contribution in [0.1, 0.15) is 31.4 Å². The molecule has 0 aromatic heterocycles. The van der Waals surface area contributed by atoms with Crippen molar-refractivity contribution in [3.63, 3.8) is 0 Å². The van der Waals surface area contributed by atoms with Crippen molar-refractivity contribution < 1.29 is 9.47 Å². The van der Waals surface area contributed by atoms with Gasteiger partial charge in [0, 0.05) is 0 Å². The maximum atomic E-state index is 9.42. The summed E-state index contributed by atoms with van der Waals surface area (Å²) in [6.45, 7) is 4.51. The molecule has 0 radical (unpaired) electrons. The summed E-state index contributed by atoms with van der Waals surface area (Å²) in [5, 5.41) is 9.42. The van der Waals surface area contributed by atoms with Crippen LogP contribution in [-0.4, -0.2) is 31.7 Å². The van der Waals surface area contributed by atoms with Crippen LogP contribution in [0.2, 0.25) is 0 Å². The summed E-state index contributed by atoms with van der Waals surface area (Å²) in [7, 11) is 1.62. The number of likely N-dealkylation sites (tertiary alicyclic amines) is 1. The Balaban J connectivity index is 2.27. The molecule has 0 saturated carbocycles. The van der Waals surface area contributed by atoms with Crippen LogP contribution >= 0.6 is 0 Å². The van der Waals surface area contributed by atoms with E-state index in [0.29, 0.717) is 18.1 Å². The predicted octanol–water partition coefficient (Wildman–Crippen LogP) is 2.75. The van der Waals surface area contributed by atoms with E-state index >= 15 is 0 Å². The van der Waals surface area contributed by atoms with Crippen molar-refractivity contribution in [1.29, 1.82) is 5.26 Å². The number of nitrogens with zero attached hydrogens (tertiary/aromatic N) is 2. The smallest absolute Gasteiger partial charge is 0.161 e. The van der Waals surface area contributed by atoms with Gasteiger partial charge in [0.15, 0.2) is 11.5 Å². The quantitative estimate of drug-likeness (QED) is 0.816. The molecule has 0 N–H and O–H groups in total. The molecular formula is C15H20N2O2. The lowest BCUT2D eigenvalue weighted by Gasteiger charge is -2.22. The van der Waals surface area contributed by atoms with E-state index in [1.807, 2.05) is 25.1 Å². The summed E-state index contributed by atoms with van der Waals surface area (Å²) >= 11 is 0. The van der Waals surface area contributed by atoms with E-state index in [4.69, 9.17) is 9.47 Å². The third-order valence-electron chi connectivity index (χ3n) is 3.43. The van der Waals surface area contributed by atoms with Crippen LogP contribution in [0.5, 0.6) is 11.5 Å². The average molecular weight is 260 g/mol. The normalized spacial score (nSPS) is 16.9. The molecule has 1 unspecified atom stereocenters. The summed E-state index contributed by atoms with van der Waals surface area (Å²) in [6, 6.07) is 7.96. The molecule has 19 heavy (non-hydrogen) atoms. The summed E-state index contributed by atoms with van der Waals surface area (Å²) in [5.74, 6) is 1.42. The van der Waals surface area contributed by atoms with Gasteiger partial charge in [0.25, 0.3) is 0 Å². The number of rotatable bonds is 5. The molecule has 1 heterocycles. The van der Waals surface area contributed by atoms with Gasteiger partial charge < -0.3 is 9.47 Å². The third-order valence-corrected chi connectivity index (χ3v) is 3.43. The lowest BCUT2D eigenvalue weighted by atomic mass is 10.1. The van der Waals surface area contributed by atoms with E-state index in [-0.39, 0.29) is 6.04 Å². The minimum Gasteiger partial charge on any atom is -0.493 e. The highest BCUT2D eigenvalue weighted by Crippen LogP contribution is 2.33. The largest absolute Gasteiger partial charge is 0.493 e. The summed E-state index contributed by atoms with van der Waals surface area (Å²) in [4.78, 5) is 2.22. The molecule has 0 aliphatic carbocycles. The van der Waals surface area contributed by atoms with E-state index in [1.54, 1.807) is 7.11 Å². The number of methoxy groups -OCH3 is 1. The maximum absolute atomic E-state index is 9.42. The Kier molecular flexibility index (Phi) is 4.64. The van der Waals surface area contributed by atoms with Crippen LogP contribution in [0.25, 0.3) is 0 Å². The maximum Gasteiger partial charge on any atom is 0.161 e. The number of nitriles is 1. The van der Waals surface area contributed by atoms with E-state index in [0.717, 1.165) is 18.7 Å². The summed E-state index contributed by atoms with van der Waals surface area (Å²) in [5.41, 5.74) is 0.980. The van der Waals surface area contributed by atoms with Crippen molar-refractivity contribution in [2.24, 2.45) is 0 Å². The van der Waals surface area contributed by atoms with Crippen molar-refractivity contribution >= 4 is 0 Å². The first-order chi connectivity index (χ1) is 9.30. The average Bonchev–Trinajstić information content (AvgIpc) is 2.94. The van der Waals surface area contributed by atoms with Gasteiger partial charge in [-0.05, 0) is 50.6 Å². The SMILES string of the molecule is CCOc1cc(C(C#N)N2CCCC2)ccc1OC.